The number of methoxy groups -OCH3 is 1. The Morgan fingerprint density at radius 2 is 1.77 bits per heavy atom. The van der Waals surface area contributed by atoms with Crippen molar-refractivity contribution in [2.45, 2.75) is 26.3 Å². The molecule has 6 heteroatoms. The largest absolute Gasteiger partial charge is 0.497 e. The van der Waals surface area contributed by atoms with Crippen molar-refractivity contribution < 1.29 is 19.1 Å². The summed E-state index contributed by atoms with van der Waals surface area (Å²) in [5.74, 6) is 0.911. The highest BCUT2D eigenvalue weighted by Gasteiger charge is 2.18. The summed E-state index contributed by atoms with van der Waals surface area (Å²) in [4.78, 5) is 24.1. The number of rotatable bonds is 8. The Balaban J connectivity index is 2.12. The molecule has 2 amide bonds. The van der Waals surface area contributed by atoms with Crippen LogP contribution in [-0.2, 0) is 9.59 Å². The van der Waals surface area contributed by atoms with Gasteiger partial charge in [-0.15, -0.1) is 0 Å². The molecule has 26 heavy (non-hydrogen) atoms. The van der Waals surface area contributed by atoms with Crippen LogP contribution in [0.4, 0.5) is 5.69 Å². The molecule has 0 spiro atoms. The third-order valence-electron chi connectivity index (χ3n) is 3.75. The molecule has 0 fully saturated rings. The zero-order valence-electron chi connectivity index (χ0n) is 15.2. The second-order valence-corrected chi connectivity index (χ2v) is 5.71. The van der Waals surface area contributed by atoms with E-state index in [2.05, 4.69) is 10.6 Å². The lowest BCUT2D eigenvalue weighted by Crippen LogP contribution is -2.29. The van der Waals surface area contributed by atoms with Crippen molar-refractivity contribution in [3.05, 3.63) is 54.1 Å². The van der Waals surface area contributed by atoms with Crippen molar-refractivity contribution in [2.24, 2.45) is 0 Å². The Hall–Kier alpha value is -3.02. The lowest BCUT2D eigenvalue weighted by molar-refractivity contribution is -0.120. The molecule has 0 bridgehead atoms. The molecule has 6 nitrogen and oxygen atoms in total. The molecule has 0 unspecified atom stereocenters. The number of hydrogen-bond donors (Lipinski definition) is 2. The molecule has 1 atom stereocenters. The van der Waals surface area contributed by atoms with Gasteiger partial charge in [-0.05, 0) is 36.8 Å². The Kier molecular flexibility index (Phi) is 7.02. The molecule has 0 heterocycles. The molecule has 2 aromatic rings. The van der Waals surface area contributed by atoms with E-state index in [1.54, 1.807) is 31.4 Å². The normalized spacial score (nSPS) is 11.3. The van der Waals surface area contributed by atoms with Gasteiger partial charge in [0.1, 0.15) is 11.5 Å². The molecule has 0 saturated heterocycles. The van der Waals surface area contributed by atoms with Crippen molar-refractivity contribution in [3.63, 3.8) is 0 Å². The van der Waals surface area contributed by atoms with E-state index in [-0.39, 0.29) is 18.2 Å². The molecule has 2 rings (SSSR count). The van der Waals surface area contributed by atoms with E-state index in [9.17, 15) is 9.59 Å². The van der Waals surface area contributed by atoms with Crippen LogP contribution in [0.2, 0.25) is 0 Å². The first-order chi connectivity index (χ1) is 12.5. The number of ether oxygens (including phenoxy) is 2. The van der Waals surface area contributed by atoms with Crippen LogP contribution in [-0.4, -0.2) is 25.5 Å². The average molecular weight is 356 g/mol. The second-order valence-electron chi connectivity index (χ2n) is 5.71. The van der Waals surface area contributed by atoms with E-state index < -0.39 is 6.04 Å². The molecule has 0 aromatic heterocycles. The number of para-hydroxylation sites is 2. The smallest absolute Gasteiger partial charge is 0.226 e. The molecular formula is C20H24N2O4. The van der Waals surface area contributed by atoms with Crippen LogP contribution in [0.15, 0.2) is 48.5 Å². The van der Waals surface area contributed by atoms with Gasteiger partial charge in [-0.25, -0.2) is 0 Å². The summed E-state index contributed by atoms with van der Waals surface area (Å²) in [6.07, 6.45) is 0.104. The topological polar surface area (TPSA) is 76.7 Å². The maximum absolute atomic E-state index is 12.5. The minimum atomic E-state index is -0.433. The Morgan fingerprint density at radius 3 is 2.38 bits per heavy atom. The van der Waals surface area contributed by atoms with Gasteiger partial charge in [0.25, 0.3) is 0 Å². The van der Waals surface area contributed by atoms with E-state index in [1.165, 1.54) is 6.92 Å². The van der Waals surface area contributed by atoms with E-state index in [0.717, 1.165) is 5.56 Å². The van der Waals surface area contributed by atoms with E-state index in [4.69, 9.17) is 9.47 Å². The van der Waals surface area contributed by atoms with Crippen molar-refractivity contribution in [3.8, 4) is 11.5 Å². The van der Waals surface area contributed by atoms with Crippen LogP contribution >= 0.6 is 0 Å². The van der Waals surface area contributed by atoms with Crippen molar-refractivity contribution in [2.75, 3.05) is 19.0 Å². The molecule has 138 valence electrons. The van der Waals surface area contributed by atoms with E-state index >= 15 is 0 Å². The zero-order valence-corrected chi connectivity index (χ0v) is 15.2. The van der Waals surface area contributed by atoms with Gasteiger partial charge in [0.15, 0.2) is 0 Å². The molecule has 2 N–H and O–H groups in total. The van der Waals surface area contributed by atoms with Gasteiger partial charge in [0, 0.05) is 6.92 Å². The minimum absolute atomic E-state index is 0.104. The fraction of sp³-hybridized carbons (Fsp3) is 0.300. The summed E-state index contributed by atoms with van der Waals surface area (Å²) in [5.41, 5.74) is 1.44. The van der Waals surface area contributed by atoms with Gasteiger partial charge in [-0.3, -0.25) is 9.59 Å². The standard InChI is InChI=1S/C20H24N2O4/c1-4-26-19-8-6-5-7-17(19)22-20(24)13-18(21-14(2)23)15-9-11-16(25-3)12-10-15/h5-12,18H,4,13H2,1-3H3,(H,21,23)(H,22,24)/t18-/m0/s1. The summed E-state index contributed by atoms with van der Waals surface area (Å²) in [6, 6.07) is 14.1. The molecule has 0 radical (unpaired) electrons. The predicted molar refractivity (Wildman–Crippen MR) is 100 cm³/mol. The number of carbonyl (C=O) groups excluding carboxylic acids is 2. The van der Waals surface area contributed by atoms with Gasteiger partial charge in [-0.2, -0.15) is 0 Å². The maximum Gasteiger partial charge on any atom is 0.226 e. The summed E-state index contributed by atoms with van der Waals surface area (Å²) in [7, 11) is 1.59. The molecule has 0 saturated carbocycles. The third-order valence-corrected chi connectivity index (χ3v) is 3.75. The predicted octanol–water partition coefficient (Wildman–Crippen LogP) is 3.30. The number of carbonyl (C=O) groups is 2. The third kappa shape index (κ3) is 5.51. The average Bonchev–Trinajstić information content (AvgIpc) is 2.63. The molecule has 0 aliphatic carbocycles. The van der Waals surface area contributed by atoms with Gasteiger partial charge < -0.3 is 20.1 Å². The molecule has 0 aliphatic heterocycles. The van der Waals surface area contributed by atoms with Crippen LogP contribution < -0.4 is 20.1 Å². The van der Waals surface area contributed by atoms with Crippen molar-refractivity contribution in [1.29, 1.82) is 0 Å². The SMILES string of the molecule is CCOc1ccccc1NC(=O)C[C@H](NC(C)=O)c1ccc(OC)cc1. The Bertz CT molecular complexity index is 744. The van der Waals surface area contributed by atoms with Gasteiger partial charge in [0.2, 0.25) is 11.8 Å². The van der Waals surface area contributed by atoms with E-state index in [1.807, 2.05) is 31.2 Å². The van der Waals surface area contributed by atoms with Crippen LogP contribution in [0.1, 0.15) is 31.9 Å². The van der Waals surface area contributed by atoms with Gasteiger partial charge >= 0.3 is 0 Å². The van der Waals surface area contributed by atoms with Crippen molar-refractivity contribution in [1.82, 2.24) is 5.32 Å². The number of amides is 2. The highest BCUT2D eigenvalue weighted by Crippen LogP contribution is 2.25. The summed E-state index contributed by atoms with van der Waals surface area (Å²) in [6.45, 7) is 3.82. The zero-order chi connectivity index (χ0) is 18.9. The van der Waals surface area contributed by atoms with Crippen LogP contribution in [0, 0.1) is 0 Å². The summed E-state index contributed by atoms with van der Waals surface area (Å²) < 4.78 is 10.7. The van der Waals surface area contributed by atoms with Gasteiger partial charge in [0.05, 0.1) is 31.9 Å². The first-order valence-electron chi connectivity index (χ1n) is 8.46. The first kappa shape index (κ1) is 19.3. The lowest BCUT2D eigenvalue weighted by atomic mass is 10.0. The Morgan fingerprint density at radius 1 is 1.08 bits per heavy atom. The van der Waals surface area contributed by atoms with Crippen LogP contribution in [0.5, 0.6) is 11.5 Å². The summed E-state index contributed by atoms with van der Waals surface area (Å²) >= 11 is 0. The number of hydrogen-bond acceptors (Lipinski definition) is 4. The number of anilines is 1. The Labute approximate surface area is 153 Å². The highest BCUT2D eigenvalue weighted by molar-refractivity contribution is 5.93. The minimum Gasteiger partial charge on any atom is -0.497 e. The van der Waals surface area contributed by atoms with Crippen LogP contribution in [0.25, 0.3) is 0 Å². The van der Waals surface area contributed by atoms with Crippen LogP contribution in [0.3, 0.4) is 0 Å². The monoisotopic (exact) mass is 356 g/mol. The molecule has 2 aromatic carbocycles. The molecule has 0 aliphatic rings. The van der Waals surface area contributed by atoms with Gasteiger partial charge in [-0.1, -0.05) is 24.3 Å². The molecular weight excluding hydrogens is 332 g/mol. The summed E-state index contributed by atoms with van der Waals surface area (Å²) in [5, 5.41) is 5.67. The number of nitrogens with one attached hydrogen (secondary N) is 2. The highest BCUT2D eigenvalue weighted by atomic mass is 16.5. The second kappa shape index (κ2) is 9.46. The van der Waals surface area contributed by atoms with Crippen molar-refractivity contribution >= 4 is 17.5 Å². The fourth-order valence-electron chi connectivity index (χ4n) is 2.57. The quantitative estimate of drug-likeness (QED) is 0.761. The first-order valence-corrected chi connectivity index (χ1v) is 8.46. The van der Waals surface area contributed by atoms with E-state index in [0.29, 0.717) is 23.8 Å². The fourth-order valence-corrected chi connectivity index (χ4v) is 2.57. The maximum atomic E-state index is 12.5. The number of benzene rings is 2. The lowest BCUT2D eigenvalue weighted by Gasteiger charge is -2.19.